The van der Waals surface area contributed by atoms with Gasteiger partial charge in [-0.25, -0.2) is 4.79 Å². The van der Waals surface area contributed by atoms with Crippen molar-refractivity contribution >= 4 is 40.2 Å². The van der Waals surface area contributed by atoms with Crippen LogP contribution in [-0.4, -0.2) is 60.1 Å². The number of likely N-dealkylation sites (tertiary alicyclic amines) is 1. The van der Waals surface area contributed by atoms with Gasteiger partial charge in [0, 0.05) is 35.3 Å². The molecule has 1 saturated heterocycles. The molecule has 4 aromatic rings. The molecule has 2 amide bonds. The molecule has 8 nitrogen and oxygen atoms in total. The molecule has 0 spiro atoms. The molecule has 0 aromatic heterocycles. The fourth-order valence-corrected chi connectivity index (χ4v) is 6.77. The maximum atomic E-state index is 16.6. The number of carbonyl (C=O) groups excluding carboxylic acids is 3. The van der Waals surface area contributed by atoms with Crippen LogP contribution in [0.5, 0.6) is 5.75 Å². The van der Waals surface area contributed by atoms with Crippen molar-refractivity contribution in [3.8, 4) is 16.9 Å². The average Bonchev–Trinajstić information content (AvgIpc) is 3.65. The SMILES string of the molecule is NC1CCN(C(=O)[C@@H](NC(=O)[C@H](OC(=O)C(F)(F)F)c2ccc3cc(OC4CCCC4)ccc3c2)C(F)(F)c2ccc(-c3ccc(Cl)cc3)cc2)CC1. The first-order chi connectivity index (χ1) is 25.2. The van der Waals surface area contributed by atoms with Gasteiger partial charge in [-0.15, -0.1) is 0 Å². The molecule has 0 unspecified atom stereocenters. The number of nitrogens with one attached hydrogen (secondary N) is 1. The van der Waals surface area contributed by atoms with Gasteiger partial charge in [-0.2, -0.15) is 22.0 Å². The van der Waals surface area contributed by atoms with Crippen molar-refractivity contribution < 1.29 is 45.8 Å². The molecule has 1 heterocycles. The fourth-order valence-electron chi connectivity index (χ4n) is 6.65. The number of nitrogens with two attached hydrogens (primary N) is 1. The molecule has 1 saturated carbocycles. The normalized spacial score (nSPS) is 17.0. The molecular formula is C39H37ClF5N3O5. The zero-order chi connectivity index (χ0) is 37.9. The van der Waals surface area contributed by atoms with Gasteiger partial charge in [0.1, 0.15) is 5.75 Å². The van der Waals surface area contributed by atoms with E-state index in [0.717, 1.165) is 42.7 Å². The summed E-state index contributed by atoms with van der Waals surface area (Å²) < 4.78 is 84.3. The monoisotopic (exact) mass is 757 g/mol. The third-order valence-corrected chi connectivity index (χ3v) is 9.88. The van der Waals surface area contributed by atoms with Crippen molar-refractivity contribution in [2.24, 2.45) is 5.73 Å². The summed E-state index contributed by atoms with van der Waals surface area (Å²) >= 11 is 5.97. The van der Waals surface area contributed by atoms with E-state index in [9.17, 15) is 27.6 Å². The number of piperidine rings is 1. The number of rotatable bonds is 10. The number of esters is 1. The minimum atomic E-state index is -5.51. The number of ether oxygens (including phenoxy) is 2. The van der Waals surface area contributed by atoms with Gasteiger partial charge >= 0.3 is 18.1 Å². The Labute approximate surface area is 307 Å². The van der Waals surface area contributed by atoms with Gasteiger partial charge in [0.2, 0.25) is 6.10 Å². The third kappa shape index (κ3) is 8.90. The van der Waals surface area contributed by atoms with Crippen LogP contribution in [0.3, 0.4) is 0 Å². The first-order valence-corrected chi connectivity index (χ1v) is 17.6. The van der Waals surface area contributed by atoms with Crippen LogP contribution >= 0.6 is 11.6 Å². The number of carbonyl (C=O) groups is 3. The summed E-state index contributed by atoms with van der Waals surface area (Å²) in [5.74, 6) is -8.93. The number of amides is 2. The van der Waals surface area contributed by atoms with Crippen LogP contribution < -0.4 is 15.8 Å². The summed E-state index contributed by atoms with van der Waals surface area (Å²) in [7, 11) is 0. The lowest BCUT2D eigenvalue weighted by atomic mass is 9.95. The molecule has 3 N–H and O–H groups in total. The zero-order valence-electron chi connectivity index (χ0n) is 28.4. The van der Waals surface area contributed by atoms with E-state index in [-0.39, 0.29) is 30.8 Å². The fraction of sp³-hybridized carbons (Fsp3) is 0.359. The summed E-state index contributed by atoms with van der Waals surface area (Å²) in [4.78, 5) is 41.0. The van der Waals surface area contributed by atoms with E-state index in [0.29, 0.717) is 45.5 Å². The molecule has 53 heavy (non-hydrogen) atoms. The van der Waals surface area contributed by atoms with E-state index in [1.165, 1.54) is 30.3 Å². The number of benzene rings is 4. The Kier molecular flexibility index (Phi) is 11.2. The Morgan fingerprint density at radius 2 is 1.38 bits per heavy atom. The molecule has 1 aliphatic carbocycles. The van der Waals surface area contributed by atoms with E-state index >= 15 is 8.78 Å². The summed E-state index contributed by atoms with van der Waals surface area (Å²) in [6.45, 7) is 0.0309. The van der Waals surface area contributed by atoms with Crippen molar-refractivity contribution in [2.45, 2.75) is 74.9 Å². The van der Waals surface area contributed by atoms with Crippen molar-refractivity contribution in [3.05, 3.63) is 101 Å². The van der Waals surface area contributed by atoms with Gasteiger partial charge in [-0.3, -0.25) is 9.59 Å². The van der Waals surface area contributed by atoms with Gasteiger partial charge in [0.25, 0.3) is 11.8 Å². The van der Waals surface area contributed by atoms with Crippen LogP contribution in [0.2, 0.25) is 5.02 Å². The van der Waals surface area contributed by atoms with Crippen molar-refractivity contribution in [3.63, 3.8) is 0 Å². The topological polar surface area (TPSA) is 111 Å². The smallest absolute Gasteiger partial charge is 0.490 e. The Hall–Kier alpha value is -4.75. The highest BCUT2D eigenvalue weighted by Crippen LogP contribution is 2.36. The molecule has 0 radical (unpaired) electrons. The van der Waals surface area contributed by atoms with Crippen molar-refractivity contribution in [1.82, 2.24) is 10.2 Å². The molecule has 280 valence electrons. The molecule has 2 atom stereocenters. The van der Waals surface area contributed by atoms with Crippen LogP contribution in [0.1, 0.15) is 55.8 Å². The third-order valence-electron chi connectivity index (χ3n) is 9.63. The van der Waals surface area contributed by atoms with Gasteiger partial charge in [0.15, 0.2) is 6.04 Å². The molecule has 2 fully saturated rings. The first-order valence-electron chi connectivity index (χ1n) is 17.3. The highest BCUT2D eigenvalue weighted by molar-refractivity contribution is 6.30. The first kappa shape index (κ1) is 38.0. The summed E-state index contributed by atoms with van der Waals surface area (Å²) in [5.41, 5.74) is 6.32. The molecule has 4 aromatic carbocycles. The summed E-state index contributed by atoms with van der Waals surface area (Å²) in [5, 5.41) is 3.52. The molecule has 2 aliphatic rings. The lowest BCUT2D eigenvalue weighted by Crippen LogP contribution is -2.58. The van der Waals surface area contributed by atoms with Crippen molar-refractivity contribution in [2.75, 3.05) is 13.1 Å². The Balaban J connectivity index is 1.32. The molecule has 0 bridgehead atoms. The van der Waals surface area contributed by atoms with Crippen molar-refractivity contribution in [1.29, 1.82) is 0 Å². The van der Waals surface area contributed by atoms with Crippen LogP contribution in [0.4, 0.5) is 22.0 Å². The van der Waals surface area contributed by atoms with Crippen LogP contribution in [0, 0.1) is 0 Å². The molecule has 6 rings (SSSR count). The average molecular weight is 758 g/mol. The number of halogens is 6. The summed E-state index contributed by atoms with van der Waals surface area (Å²) in [6.07, 6.45) is -3.23. The van der Waals surface area contributed by atoms with E-state index in [1.807, 2.05) is 5.32 Å². The molecule has 14 heteroatoms. The van der Waals surface area contributed by atoms with E-state index < -0.39 is 47.6 Å². The van der Waals surface area contributed by atoms with Crippen LogP contribution in [-0.2, 0) is 25.0 Å². The Morgan fingerprint density at radius 3 is 2.00 bits per heavy atom. The van der Waals surface area contributed by atoms with E-state index in [1.54, 1.807) is 42.5 Å². The quantitative estimate of drug-likeness (QED) is 0.126. The van der Waals surface area contributed by atoms with Gasteiger partial charge in [0.05, 0.1) is 6.10 Å². The van der Waals surface area contributed by atoms with Gasteiger partial charge in [-0.05, 0) is 90.8 Å². The predicted octanol–water partition coefficient (Wildman–Crippen LogP) is 7.85. The minimum absolute atomic E-state index is 0.0154. The lowest BCUT2D eigenvalue weighted by Gasteiger charge is -2.36. The van der Waals surface area contributed by atoms with E-state index in [2.05, 4.69) is 4.74 Å². The second-order valence-corrected chi connectivity index (χ2v) is 13.8. The summed E-state index contributed by atoms with van der Waals surface area (Å²) in [6, 6.07) is 17.9. The number of hydrogen-bond donors (Lipinski definition) is 2. The van der Waals surface area contributed by atoms with Gasteiger partial charge in [-0.1, -0.05) is 66.2 Å². The predicted molar refractivity (Wildman–Crippen MR) is 188 cm³/mol. The number of hydrogen-bond acceptors (Lipinski definition) is 6. The van der Waals surface area contributed by atoms with Crippen LogP contribution in [0.15, 0.2) is 84.9 Å². The second kappa shape index (κ2) is 15.7. The minimum Gasteiger partial charge on any atom is -0.490 e. The Morgan fingerprint density at radius 1 is 0.792 bits per heavy atom. The standard InChI is InChI=1S/C39H37ClF5N3O5/c40-29-14-9-24(10-15-29)23-7-12-28(13-8-23)38(41,42)34(36(50)48-19-17-30(46)18-20-48)47-35(49)33(53-37(51)39(43,44)45)27-6-5-26-22-32(16-11-25(26)21-27)52-31-3-1-2-4-31/h5-16,21-22,30-31,33-34H,1-4,17-20,46H2,(H,47,49)/t33-,34-/m1/s1. The second-order valence-electron chi connectivity index (χ2n) is 13.4. The Bertz CT molecular complexity index is 1940. The maximum Gasteiger partial charge on any atom is 0.490 e. The highest BCUT2D eigenvalue weighted by Gasteiger charge is 2.50. The van der Waals surface area contributed by atoms with Crippen LogP contribution in [0.25, 0.3) is 21.9 Å². The maximum absolute atomic E-state index is 16.6. The number of nitrogens with zero attached hydrogens (tertiary/aromatic N) is 1. The number of alkyl halides is 5. The molecular weight excluding hydrogens is 721 g/mol. The van der Waals surface area contributed by atoms with E-state index in [4.69, 9.17) is 22.1 Å². The largest absolute Gasteiger partial charge is 0.490 e. The van der Waals surface area contributed by atoms with Gasteiger partial charge < -0.3 is 25.4 Å². The highest BCUT2D eigenvalue weighted by atomic mass is 35.5. The zero-order valence-corrected chi connectivity index (χ0v) is 29.1. The lowest BCUT2D eigenvalue weighted by molar-refractivity contribution is -0.206. The number of fused-ring (bicyclic) bond motifs is 1. The molecule has 1 aliphatic heterocycles.